The van der Waals surface area contributed by atoms with E-state index in [-0.39, 0.29) is 10.8 Å². The molecule has 12 aromatic rings. The molecular weight excluding hydrogens is 970 g/mol. The second-order valence-corrected chi connectivity index (χ2v) is 23.5. The summed E-state index contributed by atoms with van der Waals surface area (Å²) in [4.78, 5) is 4.99. The van der Waals surface area contributed by atoms with E-state index in [4.69, 9.17) is 4.42 Å². The Labute approximate surface area is 471 Å². The van der Waals surface area contributed by atoms with E-state index in [1.54, 1.807) is 0 Å². The Hall–Kier alpha value is -9.32. The molecule has 4 nitrogen and oxygen atoms in total. The second kappa shape index (κ2) is 20.2. The maximum atomic E-state index is 7.06. The van der Waals surface area contributed by atoms with Crippen molar-refractivity contribution in [2.45, 2.75) is 59.3 Å². The SMILES string of the molecule is Cc1cc(-c2ccccc2)ccc1N1c2cc(N(c3ccc(C(C)(C)C)cc3)c3ccc(C(C)(C)C)cc3)ccc2Bc2c(-c3ccc(-c4ccccc4)cc3Nc3ccc(-c4ccccc4)cc3)cc3oc4ccccc4c3c21. The molecule has 0 spiro atoms. The van der Waals surface area contributed by atoms with E-state index in [2.05, 4.69) is 312 Å². The van der Waals surface area contributed by atoms with Crippen LogP contribution in [0.15, 0.2) is 253 Å². The van der Waals surface area contributed by atoms with E-state index in [0.717, 1.165) is 89.7 Å². The minimum Gasteiger partial charge on any atom is -0.456 e. The van der Waals surface area contributed by atoms with Crippen LogP contribution < -0.4 is 26.0 Å². The minimum atomic E-state index is 0.0156. The van der Waals surface area contributed by atoms with Crippen molar-refractivity contribution in [3.63, 3.8) is 0 Å². The quantitative estimate of drug-likeness (QED) is 0.138. The van der Waals surface area contributed by atoms with Gasteiger partial charge in [-0.3, -0.25) is 0 Å². The maximum absolute atomic E-state index is 7.06. The smallest absolute Gasteiger partial charge is 0.198 e. The Balaban J connectivity index is 1.05. The molecule has 11 aromatic carbocycles. The number of anilines is 8. The van der Waals surface area contributed by atoms with E-state index in [1.807, 2.05) is 0 Å². The van der Waals surface area contributed by atoms with Gasteiger partial charge in [-0.15, -0.1) is 0 Å². The molecule has 5 heteroatoms. The van der Waals surface area contributed by atoms with Crippen molar-refractivity contribution < 1.29 is 4.42 Å². The van der Waals surface area contributed by atoms with Crippen LogP contribution in [0.25, 0.3) is 66.4 Å². The number of nitrogens with zero attached hydrogens (tertiary/aromatic N) is 2. The lowest BCUT2D eigenvalue weighted by Gasteiger charge is -2.37. The van der Waals surface area contributed by atoms with Gasteiger partial charge in [0, 0.05) is 50.8 Å². The summed E-state index contributed by atoms with van der Waals surface area (Å²) in [6.07, 6.45) is 0. The van der Waals surface area contributed by atoms with Gasteiger partial charge in [-0.2, -0.15) is 0 Å². The van der Waals surface area contributed by atoms with Crippen LogP contribution in [0.5, 0.6) is 0 Å². The molecule has 0 atom stereocenters. The zero-order valence-electron chi connectivity index (χ0n) is 46.7. The molecule has 2 heterocycles. The molecule has 0 amide bonds. The van der Waals surface area contributed by atoms with E-state index >= 15 is 0 Å². The monoisotopic (exact) mass is 1030 g/mol. The van der Waals surface area contributed by atoms with E-state index in [1.165, 1.54) is 49.9 Å². The molecule has 13 rings (SSSR count). The molecule has 0 radical (unpaired) electrons. The third-order valence-electron chi connectivity index (χ3n) is 16.1. The largest absolute Gasteiger partial charge is 0.456 e. The first-order valence-corrected chi connectivity index (χ1v) is 28.0. The van der Waals surface area contributed by atoms with E-state index in [9.17, 15) is 0 Å². The van der Waals surface area contributed by atoms with Crippen molar-refractivity contribution >= 4 is 85.6 Å². The van der Waals surface area contributed by atoms with Crippen molar-refractivity contribution in [3.05, 3.63) is 265 Å². The van der Waals surface area contributed by atoms with Crippen LogP contribution in [0, 0.1) is 6.92 Å². The number of rotatable bonds is 10. The van der Waals surface area contributed by atoms with Crippen LogP contribution in [-0.4, -0.2) is 7.28 Å². The van der Waals surface area contributed by atoms with Gasteiger partial charge in [-0.05, 0) is 158 Å². The Kier molecular flexibility index (Phi) is 12.7. The molecule has 80 heavy (non-hydrogen) atoms. The number of benzene rings is 11. The highest BCUT2D eigenvalue weighted by Crippen LogP contribution is 2.49. The molecule has 388 valence electrons. The lowest BCUT2D eigenvalue weighted by Crippen LogP contribution is -2.41. The topological polar surface area (TPSA) is 31.6 Å². The van der Waals surface area contributed by atoms with Crippen molar-refractivity contribution in [1.29, 1.82) is 0 Å². The lowest BCUT2D eigenvalue weighted by molar-refractivity contribution is 0.590. The fourth-order valence-corrected chi connectivity index (χ4v) is 11.8. The number of aryl methyl sites for hydroxylation is 1. The van der Waals surface area contributed by atoms with Crippen molar-refractivity contribution in [2.24, 2.45) is 0 Å². The van der Waals surface area contributed by atoms with Crippen molar-refractivity contribution in [2.75, 3.05) is 15.1 Å². The van der Waals surface area contributed by atoms with Crippen molar-refractivity contribution in [3.8, 4) is 44.5 Å². The van der Waals surface area contributed by atoms with Crippen LogP contribution in [0.3, 0.4) is 0 Å². The number of furan rings is 1. The first kappa shape index (κ1) is 50.2. The Morgan fingerprint density at radius 1 is 0.425 bits per heavy atom. The molecule has 1 N–H and O–H groups in total. The van der Waals surface area contributed by atoms with Gasteiger partial charge in [0.05, 0.1) is 11.1 Å². The van der Waals surface area contributed by atoms with E-state index < -0.39 is 0 Å². The highest BCUT2D eigenvalue weighted by atomic mass is 16.3. The van der Waals surface area contributed by atoms with Crippen LogP contribution >= 0.6 is 0 Å². The zero-order chi connectivity index (χ0) is 54.7. The summed E-state index contributed by atoms with van der Waals surface area (Å²) in [6, 6.07) is 91.0. The third kappa shape index (κ3) is 9.43. The molecule has 0 fully saturated rings. The number of hydrogen-bond donors (Lipinski definition) is 1. The molecule has 0 unspecified atom stereocenters. The number of para-hydroxylation sites is 1. The van der Waals surface area contributed by atoms with Gasteiger partial charge in [0.25, 0.3) is 0 Å². The first-order chi connectivity index (χ1) is 38.8. The van der Waals surface area contributed by atoms with Gasteiger partial charge in [-0.1, -0.05) is 217 Å². The summed E-state index contributed by atoms with van der Waals surface area (Å²) in [7, 11) is 0.694. The maximum Gasteiger partial charge on any atom is 0.198 e. The summed E-state index contributed by atoms with van der Waals surface area (Å²) in [5.74, 6) is 0. The van der Waals surface area contributed by atoms with Gasteiger partial charge in [-0.25, -0.2) is 0 Å². The van der Waals surface area contributed by atoms with E-state index in [0.29, 0.717) is 7.28 Å². The van der Waals surface area contributed by atoms with Gasteiger partial charge in [0.15, 0.2) is 7.28 Å². The molecular formula is C75H64BN3O. The second-order valence-electron chi connectivity index (χ2n) is 23.5. The molecule has 1 aromatic heterocycles. The van der Waals surface area contributed by atoms with Gasteiger partial charge < -0.3 is 19.5 Å². The number of fused-ring (bicyclic) bond motifs is 6. The summed E-state index contributed by atoms with van der Waals surface area (Å²) in [5.41, 5.74) is 25.9. The summed E-state index contributed by atoms with van der Waals surface area (Å²) in [6.45, 7) is 15.9. The number of nitrogens with one attached hydrogen (secondary N) is 1. The van der Waals surface area contributed by atoms with Crippen LogP contribution in [-0.2, 0) is 10.8 Å². The minimum absolute atomic E-state index is 0.0156. The van der Waals surface area contributed by atoms with Gasteiger partial charge in [0.2, 0.25) is 0 Å². The van der Waals surface area contributed by atoms with Gasteiger partial charge in [0.1, 0.15) is 11.2 Å². The highest BCUT2D eigenvalue weighted by Gasteiger charge is 2.34. The molecule has 1 aliphatic rings. The highest BCUT2D eigenvalue weighted by molar-refractivity contribution is 6.74. The molecule has 0 saturated carbocycles. The molecule has 0 saturated heterocycles. The average Bonchev–Trinajstić information content (AvgIpc) is 3.88. The molecule has 0 aliphatic carbocycles. The fourth-order valence-electron chi connectivity index (χ4n) is 11.8. The predicted molar refractivity (Wildman–Crippen MR) is 343 cm³/mol. The standard InChI is InChI=1S/C75H64BN3O/c1-49-45-54(51-21-13-9-14-22-51)30-44-67(49)79-68-47-61(78(59-37-31-56(32-38-59)74(2,3)4)60-39-33-57(34-40-60)75(5,6)7)41-43-65(68)76-72-64(48-70-71(73(72)79)63-25-17-18-26-69(63)80-70)62-42-29-55(52-23-15-10-16-24-52)46-66(62)77-58-35-27-53(28-36-58)50-19-11-8-12-20-50/h8-48,76-77H,1-7H3. The van der Waals surface area contributed by atoms with Crippen molar-refractivity contribution in [1.82, 2.24) is 0 Å². The van der Waals surface area contributed by atoms with Gasteiger partial charge >= 0.3 is 0 Å². The Bertz CT molecular complexity index is 4170. The average molecular weight is 1030 g/mol. The fraction of sp³-hybridized carbons (Fsp3) is 0.120. The molecule has 1 aliphatic heterocycles. The first-order valence-electron chi connectivity index (χ1n) is 28.0. The van der Waals surface area contributed by atoms with Crippen LogP contribution in [0.1, 0.15) is 58.2 Å². The summed E-state index contributed by atoms with van der Waals surface area (Å²) < 4.78 is 7.06. The Morgan fingerprint density at radius 3 is 1.52 bits per heavy atom. The number of hydrogen-bond acceptors (Lipinski definition) is 4. The molecule has 0 bridgehead atoms. The van der Waals surface area contributed by atoms with Crippen LogP contribution in [0.4, 0.5) is 45.5 Å². The predicted octanol–water partition coefficient (Wildman–Crippen LogP) is 19.5. The van der Waals surface area contributed by atoms with Crippen LogP contribution in [0.2, 0.25) is 0 Å². The Morgan fingerprint density at radius 2 is 0.938 bits per heavy atom. The normalized spacial score (nSPS) is 12.3. The lowest BCUT2D eigenvalue weighted by atomic mass is 9.57. The summed E-state index contributed by atoms with van der Waals surface area (Å²) >= 11 is 0. The zero-order valence-corrected chi connectivity index (χ0v) is 46.7. The summed E-state index contributed by atoms with van der Waals surface area (Å²) in [5, 5.41) is 6.14. The third-order valence-corrected chi connectivity index (χ3v) is 16.1.